The van der Waals surface area contributed by atoms with Gasteiger partial charge in [0.25, 0.3) is 0 Å². The van der Waals surface area contributed by atoms with E-state index in [1.807, 2.05) is 0 Å². The molecule has 0 amide bonds. The predicted octanol–water partition coefficient (Wildman–Crippen LogP) is 2.36. The molecule has 1 aliphatic heterocycles. The van der Waals surface area contributed by atoms with Crippen molar-refractivity contribution in [3.63, 3.8) is 0 Å². The van der Waals surface area contributed by atoms with Crippen LogP contribution in [-0.4, -0.2) is 29.9 Å². The minimum atomic E-state index is 0.363. The fourth-order valence-corrected chi connectivity index (χ4v) is 3.20. The van der Waals surface area contributed by atoms with E-state index in [4.69, 9.17) is 11.1 Å². The van der Waals surface area contributed by atoms with Crippen molar-refractivity contribution in [2.24, 2.45) is 11.7 Å². The van der Waals surface area contributed by atoms with Crippen molar-refractivity contribution in [3.05, 3.63) is 0 Å². The summed E-state index contributed by atoms with van der Waals surface area (Å²) >= 11 is 0. The Morgan fingerprint density at radius 3 is 2.00 bits per heavy atom. The van der Waals surface area contributed by atoms with Crippen LogP contribution in [0.1, 0.15) is 51.4 Å². The van der Waals surface area contributed by atoms with Gasteiger partial charge in [-0.15, -0.1) is 0 Å². The Balaban J connectivity index is 1.81. The first-order chi connectivity index (χ1) is 7.77. The molecule has 92 valence electrons. The highest BCUT2D eigenvalue weighted by Crippen LogP contribution is 2.26. The zero-order chi connectivity index (χ0) is 11.4. The van der Waals surface area contributed by atoms with E-state index in [2.05, 4.69) is 4.90 Å². The molecule has 0 aromatic rings. The Morgan fingerprint density at radius 2 is 1.50 bits per heavy atom. The maximum absolute atomic E-state index is 7.49. The molecule has 0 aromatic heterocycles. The molecule has 0 aromatic carbocycles. The van der Waals surface area contributed by atoms with Crippen molar-refractivity contribution in [3.8, 4) is 0 Å². The topological polar surface area (TPSA) is 53.1 Å². The molecule has 0 unspecified atom stereocenters. The van der Waals surface area contributed by atoms with Gasteiger partial charge in [0.1, 0.15) is 0 Å². The van der Waals surface area contributed by atoms with E-state index >= 15 is 0 Å². The molecule has 0 bridgehead atoms. The Kier molecular flexibility index (Phi) is 4.22. The van der Waals surface area contributed by atoms with Gasteiger partial charge in [0.2, 0.25) is 0 Å². The van der Waals surface area contributed by atoms with E-state index < -0.39 is 0 Å². The van der Waals surface area contributed by atoms with Crippen LogP contribution in [0, 0.1) is 11.3 Å². The predicted molar refractivity (Wildman–Crippen MR) is 67.7 cm³/mol. The van der Waals surface area contributed by atoms with Gasteiger partial charge in [-0.3, -0.25) is 5.41 Å². The number of amidine groups is 1. The van der Waals surface area contributed by atoms with E-state index in [1.165, 1.54) is 38.5 Å². The quantitative estimate of drug-likeness (QED) is 0.429. The summed E-state index contributed by atoms with van der Waals surface area (Å²) in [5.41, 5.74) is 5.58. The Hall–Kier alpha value is -0.570. The SMILES string of the molecule is N=C(N)C1CCN(C2CCCCCC2)CC1. The average Bonchev–Trinajstić information content (AvgIpc) is 2.57. The highest BCUT2D eigenvalue weighted by Gasteiger charge is 2.26. The minimum absolute atomic E-state index is 0.363. The number of nitrogens with one attached hydrogen (secondary N) is 1. The highest BCUT2D eigenvalue weighted by molar-refractivity contribution is 5.79. The van der Waals surface area contributed by atoms with E-state index in [9.17, 15) is 0 Å². The molecule has 1 saturated carbocycles. The van der Waals surface area contributed by atoms with Crippen LogP contribution >= 0.6 is 0 Å². The van der Waals surface area contributed by atoms with Crippen molar-refractivity contribution in [2.75, 3.05) is 13.1 Å². The molecule has 3 nitrogen and oxygen atoms in total. The van der Waals surface area contributed by atoms with Gasteiger partial charge in [0.05, 0.1) is 5.84 Å². The van der Waals surface area contributed by atoms with Crippen LogP contribution in [0.2, 0.25) is 0 Å². The number of nitrogens with two attached hydrogens (primary N) is 1. The van der Waals surface area contributed by atoms with Crippen molar-refractivity contribution in [2.45, 2.75) is 57.4 Å². The van der Waals surface area contributed by atoms with Crippen LogP contribution in [0.5, 0.6) is 0 Å². The normalized spacial score (nSPS) is 26.5. The molecule has 0 spiro atoms. The fraction of sp³-hybridized carbons (Fsp3) is 0.923. The third-order valence-corrected chi connectivity index (χ3v) is 4.31. The Morgan fingerprint density at radius 1 is 0.938 bits per heavy atom. The summed E-state index contributed by atoms with van der Waals surface area (Å²) in [6, 6.07) is 0.829. The lowest BCUT2D eigenvalue weighted by Gasteiger charge is -2.37. The fourth-order valence-electron chi connectivity index (χ4n) is 3.20. The number of hydrogen-bond acceptors (Lipinski definition) is 2. The van der Waals surface area contributed by atoms with Crippen molar-refractivity contribution >= 4 is 5.84 Å². The van der Waals surface area contributed by atoms with Crippen molar-refractivity contribution < 1.29 is 0 Å². The van der Waals surface area contributed by atoms with Crippen LogP contribution in [0.15, 0.2) is 0 Å². The monoisotopic (exact) mass is 223 g/mol. The van der Waals surface area contributed by atoms with Gasteiger partial charge in [-0.1, -0.05) is 25.7 Å². The number of rotatable bonds is 2. The zero-order valence-corrected chi connectivity index (χ0v) is 10.3. The van der Waals surface area contributed by atoms with Gasteiger partial charge in [-0.05, 0) is 38.8 Å². The first-order valence-electron chi connectivity index (χ1n) is 6.85. The standard InChI is InChI=1S/C13H25N3/c14-13(15)11-7-9-16(10-8-11)12-5-3-1-2-4-6-12/h11-12H,1-10H2,(H3,14,15). The van der Waals surface area contributed by atoms with Crippen molar-refractivity contribution in [1.29, 1.82) is 5.41 Å². The Bertz CT molecular complexity index is 223. The van der Waals surface area contributed by atoms with Gasteiger partial charge < -0.3 is 10.6 Å². The summed E-state index contributed by atoms with van der Waals surface area (Å²) in [7, 11) is 0. The van der Waals surface area contributed by atoms with Crippen molar-refractivity contribution in [1.82, 2.24) is 4.90 Å². The lowest BCUT2D eigenvalue weighted by Crippen LogP contribution is -2.43. The lowest BCUT2D eigenvalue weighted by atomic mass is 9.93. The van der Waals surface area contributed by atoms with Crippen LogP contribution in [0.4, 0.5) is 0 Å². The smallest absolute Gasteiger partial charge is 0.0937 e. The first kappa shape index (κ1) is 11.9. The number of piperidine rings is 1. The molecular formula is C13H25N3. The average molecular weight is 223 g/mol. The lowest BCUT2D eigenvalue weighted by molar-refractivity contribution is 0.136. The summed E-state index contributed by atoms with van der Waals surface area (Å²) in [6.45, 7) is 2.32. The summed E-state index contributed by atoms with van der Waals surface area (Å²) in [5, 5.41) is 7.49. The largest absolute Gasteiger partial charge is 0.387 e. The zero-order valence-electron chi connectivity index (χ0n) is 10.3. The first-order valence-corrected chi connectivity index (χ1v) is 6.85. The summed E-state index contributed by atoms with van der Waals surface area (Å²) in [6.07, 6.45) is 10.7. The van der Waals surface area contributed by atoms with Gasteiger partial charge >= 0.3 is 0 Å². The molecule has 0 atom stereocenters. The summed E-state index contributed by atoms with van der Waals surface area (Å²) < 4.78 is 0. The van der Waals surface area contributed by atoms with Crippen LogP contribution < -0.4 is 5.73 Å². The third-order valence-electron chi connectivity index (χ3n) is 4.31. The number of nitrogens with zero attached hydrogens (tertiary/aromatic N) is 1. The van der Waals surface area contributed by atoms with E-state index in [1.54, 1.807) is 0 Å². The molecule has 3 N–H and O–H groups in total. The summed E-state index contributed by atoms with van der Waals surface area (Å²) in [4.78, 5) is 2.66. The maximum Gasteiger partial charge on any atom is 0.0937 e. The second kappa shape index (κ2) is 5.67. The molecule has 1 heterocycles. The molecule has 16 heavy (non-hydrogen) atoms. The van der Waals surface area contributed by atoms with Crippen LogP contribution in [0.25, 0.3) is 0 Å². The Labute approximate surface area is 98.9 Å². The van der Waals surface area contributed by atoms with E-state index in [0.717, 1.165) is 32.0 Å². The molecule has 3 heteroatoms. The minimum Gasteiger partial charge on any atom is -0.387 e. The summed E-state index contributed by atoms with van der Waals surface area (Å²) in [5.74, 6) is 0.766. The second-order valence-electron chi connectivity index (χ2n) is 5.41. The van der Waals surface area contributed by atoms with Gasteiger partial charge in [-0.25, -0.2) is 0 Å². The molecule has 2 fully saturated rings. The van der Waals surface area contributed by atoms with Gasteiger partial charge in [0, 0.05) is 12.0 Å². The molecule has 1 aliphatic carbocycles. The molecule has 0 radical (unpaired) electrons. The highest BCUT2D eigenvalue weighted by atomic mass is 15.2. The second-order valence-corrected chi connectivity index (χ2v) is 5.41. The molecule has 2 aliphatic rings. The van der Waals surface area contributed by atoms with Crippen LogP contribution in [0.3, 0.4) is 0 Å². The number of likely N-dealkylation sites (tertiary alicyclic amines) is 1. The molecular weight excluding hydrogens is 198 g/mol. The maximum atomic E-state index is 7.49. The van der Waals surface area contributed by atoms with E-state index in [0.29, 0.717) is 11.8 Å². The molecule has 2 rings (SSSR count). The number of hydrogen-bond donors (Lipinski definition) is 2. The third kappa shape index (κ3) is 2.97. The van der Waals surface area contributed by atoms with Gasteiger partial charge in [0.15, 0.2) is 0 Å². The van der Waals surface area contributed by atoms with E-state index in [-0.39, 0.29) is 0 Å². The van der Waals surface area contributed by atoms with Crippen LogP contribution in [-0.2, 0) is 0 Å². The van der Waals surface area contributed by atoms with Gasteiger partial charge in [-0.2, -0.15) is 0 Å². The molecule has 1 saturated heterocycles.